The lowest BCUT2D eigenvalue weighted by Gasteiger charge is -2.24. The summed E-state index contributed by atoms with van der Waals surface area (Å²) in [5.74, 6) is -1.09. The maximum atomic E-state index is 14.7. The number of ether oxygens (including phenoxy) is 1. The third-order valence-corrected chi connectivity index (χ3v) is 4.24. The van der Waals surface area contributed by atoms with E-state index in [9.17, 15) is 27.6 Å². The van der Waals surface area contributed by atoms with Gasteiger partial charge in [-0.05, 0) is 31.7 Å². The lowest BCUT2D eigenvalue weighted by atomic mass is 9.73. The molecule has 1 saturated heterocycles. The number of benzene rings is 1. The van der Waals surface area contributed by atoms with Crippen LogP contribution >= 0.6 is 0 Å². The van der Waals surface area contributed by atoms with Gasteiger partial charge in [-0.15, -0.1) is 0 Å². The number of fused-ring (bicyclic) bond motifs is 1. The highest BCUT2D eigenvalue weighted by Gasteiger charge is 2.41. The first kappa shape index (κ1) is 17.2. The maximum absolute atomic E-state index is 14.7. The fraction of sp³-hybridized carbons (Fsp3) is 0.500. The maximum Gasteiger partial charge on any atom is 0.489 e. The Kier molecular flexibility index (Phi) is 4.31. The summed E-state index contributed by atoms with van der Waals surface area (Å²) in [7, 11) is -2.41. The molecule has 0 bridgehead atoms. The molecular formula is C14H15BF4N2O3. The van der Waals surface area contributed by atoms with Crippen LogP contribution in [0.2, 0.25) is 0 Å². The normalized spacial score (nSPS) is 19.0. The number of aromatic nitrogens is 2. The first-order valence-electron chi connectivity index (χ1n) is 7.47. The molecule has 2 aromatic rings. The fourth-order valence-electron chi connectivity index (χ4n) is 3.17. The second-order valence-corrected chi connectivity index (χ2v) is 5.77. The van der Waals surface area contributed by atoms with Gasteiger partial charge in [0.2, 0.25) is 0 Å². The third kappa shape index (κ3) is 2.68. The highest BCUT2D eigenvalue weighted by molar-refractivity contribution is 6.62. The number of alkyl halides is 3. The van der Waals surface area contributed by atoms with E-state index >= 15 is 0 Å². The molecular weight excluding hydrogens is 331 g/mol. The molecule has 1 unspecified atom stereocenters. The average molecular weight is 346 g/mol. The molecule has 1 atom stereocenters. The quantitative estimate of drug-likeness (QED) is 0.644. The van der Waals surface area contributed by atoms with E-state index in [1.54, 1.807) is 0 Å². The second-order valence-electron chi connectivity index (χ2n) is 5.77. The van der Waals surface area contributed by atoms with E-state index in [-0.39, 0.29) is 10.9 Å². The Morgan fingerprint density at radius 3 is 2.58 bits per heavy atom. The number of hydrogen-bond donors (Lipinski definition) is 2. The molecule has 0 amide bonds. The SMILES string of the molecule is Cc1c(C(F)(F)F)c(B(O)O)c2cnn(C3CCCCO3)c2c1F. The van der Waals surface area contributed by atoms with Crippen molar-refractivity contribution in [2.45, 2.75) is 38.6 Å². The Morgan fingerprint density at radius 2 is 2.04 bits per heavy atom. The molecule has 2 N–H and O–H groups in total. The molecule has 0 radical (unpaired) electrons. The Balaban J connectivity index is 2.32. The summed E-state index contributed by atoms with van der Waals surface area (Å²) in [5.41, 5.74) is -3.09. The summed E-state index contributed by atoms with van der Waals surface area (Å²) >= 11 is 0. The summed E-state index contributed by atoms with van der Waals surface area (Å²) in [6, 6.07) is 0. The fourth-order valence-corrected chi connectivity index (χ4v) is 3.17. The number of nitrogens with zero attached hydrogens (tertiary/aromatic N) is 2. The van der Waals surface area contributed by atoms with Crippen LogP contribution in [-0.4, -0.2) is 33.6 Å². The van der Waals surface area contributed by atoms with Gasteiger partial charge < -0.3 is 14.8 Å². The molecule has 10 heteroatoms. The van der Waals surface area contributed by atoms with Crippen LogP contribution in [0.3, 0.4) is 0 Å². The van der Waals surface area contributed by atoms with Crippen molar-refractivity contribution in [2.24, 2.45) is 0 Å². The smallest absolute Gasteiger partial charge is 0.423 e. The third-order valence-electron chi connectivity index (χ3n) is 4.24. The summed E-state index contributed by atoms with van der Waals surface area (Å²) < 4.78 is 61.3. The van der Waals surface area contributed by atoms with Crippen LogP contribution in [0.5, 0.6) is 0 Å². The zero-order valence-corrected chi connectivity index (χ0v) is 12.8. The lowest BCUT2D eigenvalue weighted by Crippen LogP contribution is -2.38. The van der Waals surface area contributed by atoms with Crippen LogP contribution in [0, 0.1) is 12.7 Å². The zero-order valence-electron chi connectivity index (χ0n) is 12.8. The lowest BCUT2D eigenvalue weighted by molar-refractivity contribution is -0.137. The van der Waals surface area contributed by atoms with Crippen molar-refractivity contribution in [3.05, 3.63) is 23.1 Å². The molecule has 2 heterocycles. The Labute approximate surface area is 135 Å². The molecule has 1 aliphatic heterocycles. The Bertz CT molecular complexity index is 770. The minimum Gasteiger partial charge on any atom is -0.423 e. The second kappa shape index (κ2) is 6.01. The number of halogens is 4. The van der Waals surface area contributed by atoms with Gasteiger partial charge in [0.25, 0.3) is 0 Å². The first-order valence-corrected chi connectivity index (χ1v) is 7.47. The van der Waals surface area contributed by atoms with E-state index in [2.05, 4.69) is 5.10 Å². The molecule has 0 aliphatic carbocycles. The van der Waals surface area contributed by atoms with Gasteiger partial charge in [-0.25, -0.2) is 9.07 Å². The van der Waals surface area contributed by atoms with Gasteiger partial charge in [-0.3, -0.25) is 0 Å². The minimum absolute atomic E-state index is 0.212. The Hall–Kier alpha value is -1.65. The number of rotatable bonds is 2. The summed E-state index contributed by atoms with van der Waals surface area (Å²) in [6.45, 7) is 1.41. The minimum atomic E-state index is -4.93. The van der Waals surface area contributed by atoms with Gasteiger partial charge in [0.15, 0.2) is 12.0 Å². The molecule has 24 heavy (non-hydrogen) atoms. The molecule has 0 spiro atoms. The van der Waals surface area contributed by atoms with E-state index in [1.165, 1.54) is 4.68 Å². The van der Waals surface area contributed by atoms with Gasteiger partial charge in [0.1, 0.15) is 5.52 Å². The van der Waals surface area contributed by atoms with E-state index in [1.807, 2.05) is 0 Å². The summed E-state index contributed by atoms with van der Waals surface area (Å²) in [4.78, 5) is 0. The largest absolute Gasteiger partial charge is 0.489 e. The van der Waals surface area contributed by atoms with Gasteiger partial charge in [-0.2, -0.15) is 18.3 Å². The number of hydrogen-bond acceptors (Lipinski definition) is 4. The molecule has 1 aromatic carbocycles. The van der Waals surface area contributed by atoms with E-state index in [0.29, 0.717) is 13.0 Å². The Morgan fingerprint density at radius 1 is 1.33 bits per heavy atom. The highest BCUT2D eigenvalue weighted by Crippen LogP contribution is 2.36. The summed E-state index contributed by atoms with van der Waals surface area (Å²) in [5, 5.41) is 22.6. The molecule has 1 fully saturated rings. The predicted octanol–water partition coefficient (Wildman–Crippen LogP) is 1.88. The van der Waals surface area contributed by atoms with Crippen molar-refractivity contribution >= 4 is 23.5 Å². The van der Waals surface area contributed by atoms with Gasteiger partial charge in [0, 0.05) is 17.5 Å². The van der Waals surface area contributed by atoms with Crippen LogP contribution in [0.4, 0.5) is 17.6 Å². The van der Waals surface area contributed by atoms with Crippen LogP contribution in [0.25, 0.3) is 10.9 Å². The van der Waals surface area contributed by atoms with E-state index in [4.69, 9.17) is 4.74 Å². The first-order chi connectivity index (χ1) is 11.2. The van der Waals surface area contributed by atoms with Gasteiger partial charge in [-0.1, -0.05) is 0 Å². The average Bonchev–Trinajstić information content (AvgIpc) is 2.94. The highest BCUT2D eigenvalue weighted by atomic mass is 19.4. The van der Waals surface area contributed by atoms with Crippen LogP contribution < -0.4 is 5.46 Å². The molecule has 5 nitrogen and oxygen atoms in total. The van der Waals surface area contributed by atoms with Crippen LogP contribution in [0.1, 0.15) is 36.6 Å². The molecule has 3 rings (SSSR count). The zero-order chi connectivity index (χ0) is 17.6. The van der Waals surface area contributed by atoms with Crippen molar-refractivity contribution < 1.29 is 32.3 Å². The monoisotopic (exact) mass is 346 g/mol. The van der Waals surface area contributed by atoms with Crippen LogP contribution in [-0.2, 0) is 10.9 Å². The summed E-state index contributed by atoms with van der Waals surface area (Å²) in [6.07, 6.45) is -2.29. The van der Waals surface area contributed by atoms with Crippen molar-refractivity contribution in [3.63, 3.8) is 0 Å². The predicted molar refractivity (Wildman–Crippen MR) is 78.1 cm³/mol. The van der Waals surface area contributed by atoms with Gasteiger partial charge >= 0.3 is 13.3 Å². The van der Waals surface area contributed by atoms with Crippen LogP contribution in [0.15, 0.2) is 6.20 Å². The van der Waals surface area contributed by atoms with E-state index in [0.717, 1.165) is 26.0 Å². The molecule has 0 saturated carbocycles. The van der Waals surface area contributed by atoms with E-state index < -0.39 is 41.9 Å². The van der Waals surface area contributed by atoms with Crippen molar-refractivity contribution in [3.8, 4) is 0 Å². The molecule has 1 aliphatic rings. The molecule has 130 valence electrons. The van der Waals surface area contributed by atoms with Crippen molar-refractivity contribution in [1.82, 2.24) is 9.78 Å². The van der Waals surface area contributed by atoms with Gasteiger partial charge in [0.05, 0.1) is 11.8 Å². The van der Waals surface area contributed by atoms with Crippen molar-refractivity contribution in [2.75, 3.05) is 6.61 Å². The molecule has 1 aromatic heterocycles. The standard InChI is InChI=1S/C14H15BF4N2O3/c1-7-10(14(17,18)19)11(15(22)23)8-6-20-21(13(8)12(7)16)9-4-2-3-5-24-9/h6,9,22-23H,2-5H2,1H3. The van der Waals surface area contributed by atoms with Crippen molar-refractivity contribution in [1.29, 1.82) is 0 Å². The topological polar surface area (TPSA) is 67.5 Å².